The Hall–Kier alpha value is -0.900. The maximum absolute atomic E-state index is 4.26. The third-order valence-electron chi connectivity index (χ3n) is 2.88. The smallest absolute Gasteiger partial charge is 0.0996 e. The van der Waals surface area contributed by atoms with Gasteiger partial charge in [-0.2, -0.15) is 0 Å². The molecule has 0 amide bonds. The highest BCUT2D eigenvalue weighted by atomic mass is 15.4. The second kappa shape index (κ2) is 4.75. The van der Waals surface area contributed by atoms with Gasteiger partial charge in [-0.15, -0.1) is 5.10 Å². The first kappa shape index (κ1) is 10.6. The first-order valence-corrected chi connectivity index (χ1v) is 5.91. The van der Waals surface area contributed by atoms with Gasteiger partial charge in [-0.3, -0.25) is 0 Å². The summed E-state index contributed by atoms with van der Waals surface area (Å²) < 4.78 is 2.09. The van der Waals surface area contributed by atoms with E-state index in [4.69, 9.17) is 0 Å². The van der Waals surface area contributed by atoms with E-state index in [0.717, 1.165) is 31.1 Å². The lowest BCUT2D eigenvalue weighted by Crippen LogP contribution is -2.11. The van der Waals surface area contributed by atoms with E-state index in [1.54, 1.807) is 0 Å². The summed E-state index contributed by atoms with van der Waals surface area (Å²) in [5.41, 5.74) is 2.49. The minimum Gasteiger partial charge on any atom is -0.314 e. The molecular weight excluding hydrogens is 188 g/mol. The molecule has 4 nitrogen and oxygen atoms in total. The van der Waals surface area contributed by atoms with Crippen molar-refractivity contribution in [3.05, 3.63) is 11.4 Å². The largest absolute Gasteiger partial charge is 0.314 e. The number of nitrogens with zero attached hydrogens (tertiary/aromatic N) is 3. The summed E-state index contributed by atoms with van der Waals surface area (Å²) >= 11 is 0. The zero-order chi connectivity index (χ0) is 10.7. The Morgan fingerprint density at radius 2 is 2.27 bits per heavy atom. The number of hydrogen-bond donors (Lipinski definition) is 1. The normalized spacial score (nSPS) is 15.9. The molecule has 1 saturated carbocycles. The van der Waals surface area contributed by atoms with Gasteiger partial charge in [0.15, 0.2) is 0 Å². The minimum absolute atomic E-state index is 0.839. The van der Waals surface area contributed by atoms with Crippen molar-refractivity contribution in [2.24, 2.45) is 5.92 Å². The fraction of sp³-hybridized carbons (Fsp3) is 0.818. The Morgan fingerprint density at radius 1 is 1.47 bits per heavy atom. The molecule has 0 saturated heterocycles. The van der Waals surface area contributed by atoms with Gasteiger partial charge in [0.1, 0.15) is 0 Å². The van der Waals surface area contributed by atoms with Gasteiger partial charge in [0.25, 0.3) is 0 Å². The van der Waals surface area contributed by atoms with E-state index in [-0.39, 0.29) is 0 Å². The average molecular weight is 208 g/mol. The van der Waals surface area contributed by atoms with Crippen LogP contribution in [0.5, 0.6) is 0 Å². The van der Waals surface area contributed by atoms with Gasteiger partial charge in [0.2, 0.25) is 0 Å². The van der Waals surface area contributed by atoms with Crippen LogP contribution in [-0.2, 0) is 19.5 Å². The molecule has 84 valence electrons. The second-order valence-corrected chi connectivity index (χ2v) is 4.38. The predicted molar refractivity (Wildman–Crippen MR) is 59.5 cm³/mol. The molecule has 0 bridgehead atoms. The molecule has 1 aliphatic carbocycles. The van der Waals surface area contributed by atoms with E-state index in [1.165, 1.54) is 25.0 Å². The number of aromatic nitrogens is 3. The molecule has 1 aromatic heterocycles. The molecule has 4 heteroatoms. The van der Waals surface area contributed by atoms with E-state index in [1.807, 2.05) is 7.05 Å². The molecule has 0 aliphatic heterocycles. The fourth-order valence-electron chi connectivity index (χ4n) is 1.88. The molecule has 0 atom stereocenters. The van der Waals surface area contributed by atoms with Gasteiger partial charge in [-0.1, -0.05) is 12.1 Å². The zero-order valence-electron chi connectivity index (χ0n) is 9.66. The molecular formula is C11H20N4. The fourth-order valence-corrected chi connectivity index (χ4v) is 1.88. The van der Waals surface area contributed by atoms with E-state index in [0.29, 0.717) is 0 Å². The second-order valence-electron chi connectivity index (χ2n) is 4.38. The van der Waals surface area contributed by atoms with Crippen molar-refractivity contribution in [2.75, 3.05) is 7.05 Å². The molecule has 0 unspecified atom stereocenters. The standard InChI is InChI=1S/C11H20N4/c1-3-6-15-11(7-9-4-5-9)10(8-12-2)13-14-15/h9,12H,3-8H2,1-2H3. The molecule has 15 heavy (non-hydrogen) atoms. The van der Waals surface area contributed by atoms with E-state index in [9.17, 15) is 0 Å². The molecule has 1 aliphatic rings. The molecule has 0 aromatic carbocycles. The lowest BCUT2D eigenvalue weighted by molar-refractivity contribution is 0.547. The SMILES string of the molecule is CCCn1nnc(CNC)c1CC1CC1. The van der Waals surface area contributed by atoms with Crippen molar-refractivity contribution < 1.29 is 0 Å². The predicted octanol–water partition coefficient (Wildman–Crippen LogP) is 1.36. The van der Waals surface area contributed by atoms with Gasteiger partial charge in [-0.25, -0.2) is 4.68 Å². The van der Waals surface area contributed by atoms with Crippen LogP contribution < -0.4 is 5.32 Å². The van der Waals surface area contributed by atoms with Gasteiger partial charge in [0.05, 0.1) is 11.4 Å². The lowest BCUT2D eigenvalue weighted by atomic mass is 10.2. The Bertz CT molecular complexity index is 291. The van der Waals surface area contributed by atoms with Gasteiger partial charge in [-0.05, 0) is 38.6 Å². The maximum atomic E-state index is 4.26. The first-order valence-electron chi connectivity index (χ1n) is 5.91. The summed E-state index contributed by atoms with van der Waals surface area (Å²) in [5, 5.41) is 11.6. The van der Waals surface area contributed by atoms with Crippen molar-refractivity contribution in [1.29, 1.82) is 0 Å². The number of aryl methyl sites for hydroxylation is 1. The number of hydrogen-bond acceptors (Lipinski definition) is 3. The molecule has 0 radical (unpaired) electrons. The van der Waals surface area contributed by atoms with Crippen molar-refractivity contribution in [2.45, 2.75) is 45.7 Å². The molecule has 1 fully saturated rings. The Labute approximate surface area is 91.1 Å². The summed E-state index contributed by atoms with van der Waals surface area (Å²) in [7, 11) is 1.96. The maximum Gasteiger partial charge on any atom is 0.0996 e. The van der Waals surface area contributed by atoms with Crippen LogP contribution >= 0.6 is 0 Å². The molecule has 2 rings (SSSR count). The van der Waals surface area contributed by atoms with E-state index < -0.39 is 0 Å². The number of nitrogens with one attached hydrogen (secondary N) is 1. The summed E-state index contributed by atoms with van der Waals surface area (Å²) in [6.45, 7) is 4.02. The van der Waals surface area contributed by atoms with Crippen LogP contribution in [0, 0.1) is 5.92 Å². The lowest BCUT2D eigenvalue weighted by Gasteiger charge is -2.05. The van der Waals surface area contributed by atoms with Crippen LogP contribution in [0.1, 0.15) is 37.6 Å². The first-order chi connectivity index (χ1) is 7.35. The van der Waals surface area contributed by atoms with Crippen LogP contribution in [0.4, 0.5) is 0 Å². The van der Waals surface area contributed by atoms with Crippen LogP contribution in [-0.4, -0.2) is 22.0 Å². The third-order valence-corrected chi connectivity index (χ3v) is 2.88. The highest BCUT2D eigenvalue weighted by molar-refractivity contribution is 5.12. The molecule has 0 spiro atoms. The summed E-state index contributed by atoms with van der Waals surface area (Å²) in [6.07, 6.45) is 5.07. The monoisotopic (exact) mass is 208 g/mol. The van der Waals surface area contributed by atoms with Crippen LogP contribution in [0.15, 0.2) is 0 Å². The highest BCUT2D eigenvalue weighted by Crippen LogP contribution is 2.33. The third kappa shape index (κ3) is 2.56. The Balaban J connectivity index is 2.13. The molecule has 1 N–H and O–H groups in total. The number of rotatable bonds is 6. The summed E-state index contributed by atoms with van der Waals surface area (Å²) in [6, 6.07) is 0. The van der Waals surface area contributed by atoms with Gasteiger partial charge in [0, 0.05) is 13.1 Å². The van der Waals surface area contributed by atoms with Crippen LogP contribution in [0.3, 0.4) is 0 Å². The van der Waals surface area contributed by atoms with Gasteiger partial charge < -0.3 is 5.32 Å². The molecule has 1 heterocycles. The van der Waals surface area contributed by atoms with Crippen molar-refractivity contribution in [3.8, 4) is 0 Å². The van der Waals surface area contributed by atoms with E-state index in [2.05, 4.69) is 27.2 Å². The minimum atomic E-state index is 0.839. The summed E-state index contributed by atoms with van der Waals surface area (Å²) in [4.78, 5) is 0. The topological polar surface area (TPSA) is 42.7 Å². The van der Waals surface area contributed by atoms with Gasteiger partial charge >= 0.3 is 0 Å². The van der Waals surface area contributed by atoms with Crippen LogP contribution in [0.25, 0.3) is 0 Å². The van der Waals surface area contributed by atoms with Crippen molar-refractivity contribution in [3.63, 3.8) is 0 Å². The molecule has 1 aromatic rings. The Kier molecular flexibility index (Phi) is 3.36. The van der Waals surface area contributed by atoms with Crippen molar-refractivity contribution in [1.82, 2.24) is 20.3 Å². The zero-order valence-corrected chi connectivity index (χ0v) is 9.66. The highest BCUT2D eigenvalue weighted by Gasteiger charge is 2.25. The quantitative estimate of drug-likeness (QED) is 0.767. The average Bonchev–Trinajstić information content (AvgIpc) is 2.96. The summed E-state index contributed by atoms with van der Waals surface area (Å²) in [5.74, 6) is 0.898. The van der Waals surface area contributed by atoms with Crippen molar-refractivity contribution >= 4 is 0 Å². The Morgan fingerprint density at radius 3 is 2.87 bits per heavy atom. The van der Waals surface area contributed by atoms with E-state index >= 15 is 0 Å². The van der Waals surface area contributed by atoms with Crippen LogP contribution in [0.2, 0.25) is 0 Å².